The summed E-state index contributed by atoms with van der Waals surface area (Å²) in [6.07, 6.45) is 2.37. The highest BCUT2D eigenvalue weighted by Gasteiger charge is 2.12. The Morgan fingerprint density at radius 1 is 1.22 bits per heavy atom. The quantitative estimate of drug-likeness (QED) is 0.812. The molecule has 0 aromatic heterocycles. The standard InChI is InChI=1S/C15H25BrN2/c1-5-13(6-2)18(4)14-9-8-12(11-17-7-3)15(16)10-14/h8-10,13,17H,5-7,11H2,1-4H3. The van der Waals surface area contributed by atoms with Crippen LogP contribution in [0.3, 0.4) is 0 Å². The van der Waals surface area contributed by atoms with Crippen molar-refractivity contribution in [1.82, 2.24) is 5.32 Å². The lowest BCUT2D eigenvalue weighted by molar-refractivity contribution is 0.591. The summed E-state index contributed by atoms with van der Waals surface area (Å²) in [6.45, 7) is 8.55. The van der Waals surface area contributed by atoms with Crippen LogP contribution in [-0.4, -0.2) is 19.6 Å². The fourth-order valence-corrected chi connectivity index (χ4v) is 2.71. The molecule has 1 rings (SSSR count). The van der Waals surface area contributed by atoms with E-state index in [-0.39, 0.29) is 0 Å². The molecule has 1 aromatic carbocycles. The second-order valence-corrected chi connectivity index (χ2v) is 5.49. The minimum absolute atomic E-state index is 0.622. The molecule has 0 aliphatic heterocycles. The second kappa shape index (κ2) is 7.80. The first-order valence-corrected chi connectivity index (χ1v) is 7.65. The van der Waals surface area contributed by atoms with Gasteiger partial charge in [0.1, 0.15) is 0 Å². The molecule has 0 amide bonds. The van der Waals surface area contributed by atoms with E-state index in [4.69, 9.17) is 0 Å². The van der Waals surface area contributed by atoms with Crippen molar-refractivity contribution in [2.75, 3.05) is 18.5 Å². The second-order valence-electron chi connectivity index (χ2n) is 4.64. The average molecular weight is 313 g/mol. The Labute approximate surface area is 120 Å². The smallest absolute Gasteiger partial charge is 0.0377 e. The molecule has 0 saturated carbocycles. The number of rotatable bonds is 7. The zero-order valence-corrected chi connectivity index (χ0v) is 13.5. The molecule has 0 unspecified atom stereocenters. The number of hydrogen-bond donors (Lipinski definition) is 1. The normalized spacial score (nSPS) is 11.0. The molecule has 3 heteroatoms. The fourth-order valence-electron chi connectivity index (χ4n) is 2.21. The summed E-state index contributed by atoms with van der Waals surface area (Å²) in [4.78, 5) is 2.38. The maximum atomic E-state index is 3.67. The largest absolute Gasteiger partial charge is 0.372 e. The Hall–Kier alpha value is -0.540. The lowest BCUT2D eigenvalue weighted by Gasteiger charge is -2.29. The van der Waals surface area contributed by atoms with Crippen molar-refractivity contribution in [2.45, 2.75) is 46.2 Å². The van der Waals surface area contributed by atoms with Crippen molar-refractivity contribution < 1.29 is 0 Å². The molecular formula is C15H25BrN2. The molecule has 18 heavy (non-hydrogen) atoms. The van der Waals surface area contributed by atoms with Crippen molar-refractivity contribution in [2.24, 2.45) is 0 Å². The molecule has 0 aliphatic rings. The summed E-state index contributed by atoms with van der Waals surface area (Å²) in [5, 5.41) is 3.36. The number of benzene rings is 1. The van der Waals surface area contributed by atoms with Crippen LogP contribution in [0, 0.1) is 0 Å². The lowest BCUT2D eigenvalue weighted by Crippen LogP contribution is -2.30. The summed E-state index contributed by atoms with van der Waals surface area (Å²) in [5.41, 5.74) is 2.61. The van der Waals surface area contributed by atoms with Gasteiger partial charge in [-0.3, -0.25) is 0 Å². The molecule has 0 fully saturated rings. The molecule has 0 bridgehead atoms. The Morgan fingerprint density at radius 3 is 2.39 bits per heavy atom. The SMILES string of the molecule is CCNCc1ccc(N(C)C(CC)CC)cc1Br. The molecule has 2 nitrogen and oxygen atoms in total. The van der Waals surface area contributed by atoms with Crippen LogP contribution in [-0.2, 0) is 6.54 Å². The van der Waals surface area contributed by atoms with E-state index in [1.165, 1.54) is 28.6 Å². The van der Waals surface area contributed by atoms with Gasteiger partial charge in [0.15, 0.2) is 0 Å². The van der Waals surface area contributed by atoms with E-state index < -0.39 is 0 Å². The molecule has 0 radical (unpaired) electrons. The summed E-state index contributed by atoms with van der Waals surface area (Å²) < 4.78 is 1.19. The van der Waals surface area contributed by atoms with Crippen molar-refractivity contribution in [3.05, 3.63) is 28.2 Å². The van der Waals surface area contributed by atoms with Gasteiger partial charge in [-0.1, -0.05) is 42.8 Å². The summed E-state index contributed by atoms with van der Waals surface area (Å²) in [6, 6.07) is 7.28. The van der Waals surface area contributed by atoms with Crippen LogP contribution in [0.4, 0.5) is 5.69 Å². The van der Waals surface area contributed by atoms with Crippen LogP contribution in [0.25, 0.3) is 0 Å². The van der Waals surface area contributed by atoms with Crippen molar-refractivity contribution in [3.63, 3.8) is 0 Å². The van der Waals surface area contributed by atoms with E-state index in [0.717, 1.165) is 13.1 Å². The van der Waals surface area contributed by atoms with Crippen LogP contribution in [0.2, 0.25) is 0 Å². The predicted molar refractivity (Wildman–Crippen MR) is 84.3 cm³/mol. The van der Waals surface area contributed by atoms with Crippen molar-refractivity contribution >= 4 is 21.6 Å². The van der Waals surface area contributed by atoms with E-state index in [1.54, 1.807) is 0 Å². The van der Waals surface area contributed by atoms with Gasteiger partial charge in [0.25, 0.3) is 0 Å². The van der Waals surface area contributed by atoms with Gasteiger partial charge >= 0.3 is 0 Å². The van der Waals surface area contributed by atoms with Crippen LogP contribution < -0.4 is 10.2 Å². The van der Waals surface area contributed by atoms with Crippen LogP contribution in [0.15, 0.2) is 22.7 Å². The number of halogens is 1. The predicted octanol–water partition coefficient (Wildman–Crippen LogP) is 4.18. The average Bonchev–Trinajstić information content (AvgIpc) is 2.38. The van der Waals surface area contributed by atoms with Crippen LogP contribution in [0.5, 0.6) is 0 Å². The van der Waals surface area contributed by atoms with Gasteiger partial charge in [0.2, 0.25) is 0 Å². The van der Waals surface area contributed by atoms with Crippen molar-refractivity contribution in [3.8, 4) is 0 Å². The van der Waals surface area contributed by atoms with E-state index in [0.29, 0.717) is 6.04 Å². The Balaban J connectivity index is 2.82. The van der Waals surface area contributed by atoms with Crippen LogP contribution in [0.1, 0.15) is 39.2 Å². The highest BCUT2D eigenvalue weighted by atomic mass is 79.9. The fraction of sp³-hybridized carbons (Fsp3) is 0.600. The minimum Gasteiger partial charge on any atom is -0.372 e. The van der Waals surface area contributed by atoms with Gasteiger partial charge in [-0.25, -0.2) is 0 Å². The number of anilines is 1. The van der Waals surface area contributed by atoms with E-state index >= 15 is 0 Å². The third-order valence-electron chi connectivity index (χ3n) is 3.50. The van der Waals surface area contributed by atoms with E-state index in [2.05, 4.69) is 72.2 Å². The van der Waals surface area contributed by atoms with Gasteiger partial charge in [-0.15, -0.1) is 0 Å². The summed E-state index contributed by atoms with van der Waals surface area (Å²) >= 11 is 3.67. The zero-order chi connectivity index (χ0) is 13.5. The molecular weight excluding hydrogens is 288 g/mol. The Bertz CT molecular complexity index is 362. The van der Waals surface area contributed by atoms with E-state index in [9.17, 15) is 0 Å². The monoisotopic (exact) mass is 312 g/mol. The molecule has 0 aliphatic carbocycles. The molecule has 0 saturated heterocycles. The minimum atomic E-state index is 0.622. The number of nitrogens with one attached hydrogen (secondary N) is 1. The number of nitrogens with zero attached hydrogens (tertiary/aromatic N) is 1. The Morgan fingerprint density at radius 2 is 1.89 bits per heavy atom. The molecule has 102 valence electrons. The third-order valence-corrected chi connectivity index (χ3v) is 4.24. The summed E-state index contributed by atoms with van der Waals surface area (Å²) in [5.74, 6) is 0. The summed E-state index contributed by atoms with van der Waals surface area (Å²) in [7, 11) is 2.18. The third kappa shape index (κ3) is 3.99. The highest BCUT2D eigenvalue weighted by molar-refractivity contribution is 9.10. The first-order valence-electron chi connectivity index (χ1n) is 6.85. The molecule has 0 heterocycles. The maximum absolute atomic E-state index is 3.67. The van der Waals surface area contributed by atoms with E-state index in [1.807, 2.05) is 0 Å². The van der Waals surface area contributed by atoms with Gasteiger partial charge in [0, 0.05) is 29.8 Å². The molecule has 1 aromatic rings. The topological polar surface area (TPSA) is 15.3 Å². The van der Waals surface area contributed by atoms with Gasteiger partial charge in [-0.05, 0) is 37.1 Å². The molecule has 0 atom stereocenters. The first-order chi connectivity index (χ1) is 8.63. The lowest BCUT2D eigenvalue weighted by atomic mass is 10.1. The van der Waals surface area contributed by atoms with Gasteiger partial charge < -0.3 is 10.2 Å². The van der Waals surface area contributed by atoms with Crippen LogP contribution >= 0.6 is 15.9 Å². The zero-order valence-electron chi connectivity index (χ0n) is 12.0. The Kier molecular flexibility index (Phi) is 6.72. The first kappa shape index (κ1) is 15.5. The number of hydrogen-bond acceptors (Lipinski definition) is 2. The molecule has 0 spiro atoms. The molecule has 1 N–H and O–H groups in total. The van der Waals surface area contributed by atoms with Gasteiger partial charge in [-0.2, -0.15) is 0 Å². The van der Waals surface area contributed by atoms with Gasteiger partial charge in [0.05, 0.1) is 0 Å². The maximum Gasteiger partial charge on any atom is 0.0377 e. The highest BCUT2D eigenvalue weighted by Crippen LogP contribution is 2.25. The van der Waals surface area contributed by atoms with Crippen molar-refractivity contribution in [1.29, 1.82) is 0 Å².